The number of rotatable bonds is 5. The summed E-state index contributed by atoms with van der Waals surface area (Å²) >= 11 is 5.79. The molecule has 2 heterocycles. The van der Waals surface area contributed by atoms with Crippen LogP contribution >= 0.6 is 11.6 Å². The smallest absolute Gasteiger partial charge is 0.252 e. The second-order valence-electron chi connectivity index (χ2n) is 4.27. The minimum Gasteiger partial charge on any atom is -0.383 e. The highest BCUT2D eigenvalue weighted by atomic mass is 35.5. The van der Waals surface area contributed by atoms with Gasteiger partial charge in [-0.15, -0.1) is 0 Å². The normalized spacial score (nSPS) is 10.1. The van der Waals surface area contributed by atoms with E-state index in [1.165, 1.54) is 12.4 Å². The topological polar surface area (TPSA) is 66.9 Å². The first-order valence-corrected chi connectivity index (χ1v) is 6.58. The van der Waals surface area contributed by atoms with Crippen molar-refractivity contribution in [1.82, 2.24) is 15.3 Å². The van der Waals surface area contributed by atoms with Gasteiger partial charge in [0, 0.05) is 43.6 Å². The molecule has 0 radical (unpaired) electrons. The average Bonchev–Trinajstić information content (AvgIpc) is 2.45. The fourth-order valence-corrected chi connectivity index (χ4v) is 1.86. The Morgan fingerprint density at radius 2 is 2.10 bits per heavy atom. The predicted molar refractivity (Wildman–Crippen MR) is 79.0 cm³/mol. The second kappa shape index (κ2) is 6.86. The molecule has 0 atom stereocenters. The Morgan fingerprint density at radius 1 is 1.25 bits per heavy atom. The summed E-state index contributed by atoms with van der Waals surface area (Å²) in [6, 6.07) is 3.49. The number of carbonyl (C=O) groups excluding carboxylic acids is 1. The van der Waals surface area contributed by atoms with Gasteiger partial charge < -0.3 is 10.6 Å². The van der Waals surface area contributed by atoms with Crippen molar-refractivity contribution < 1.29 is 4.79 Å². The van der Waals surface area contributed by atoms with Crippen molar-refractivity contribution in [3.8, 4) is 0 Å². The summed E-state index contributed by atoms with van der Waals surface area (Å²) in [5.74, 6) is -0.187. The molecule has 0 unspecified atom stereocenters. The first-order chi connectivity index (χ1) is 9.66. The highest BCUT2D eigenvalue weighted by Gasteiger charge is 2.05. The molecule has 5 nitrogen and oxygen atoms in total. The molecule has 0 aromatic carbocycles. The molecule has 0 bridgehead atoms. The monoisotopic (exact) mass is 290 g/mol. The van der Waals surface area contributed by atoms with Gasteiger partial charge in [0.15, 0.2) is 0 Å². The zero-order chi connectivity index (χ0) is 14.4. The first-order valence-electron chi connectivity index (χ1n) is 6.20. The van der Waals surface area contributed by atoms with Gasteiger partial charge in [-0.1, -0.05) is 11.6 Å². The maximum Gasteiger partial charge on any atom is 0.252 e. The van der Waals surface area contributed by atoms with E-state index >= 15 is 0 Å². The van der Waals surface area contributed by atoms with Gasteiger partial charge in [-0.05, 0) is 24.6 Å². The molecule has 0 fully saturated rings. The second-order valence-corrected chi connectivity index (χ2v) is 4.70. The molecule has 0 saturated carbocycles. The van der Waals surface area contributed by atoms with E-state index in [0.29, 0.717) is 23.7 Å². The van der Waals surface area contributed by atoms with Crippen LogP contribution < -0.4 is 10.6 Å². The van der Waals surface area contributed by atoms with Crippen LogP contribution in [0.1, 0.15) is 15.9 Å². The Hall–Kier alpha value is -2.14. The maximum absolute atomic E-state index is 11.8. The Balaban J connectivity index is 1.79. The third-order valence-electron chi connectivity index (χ3n) is 2.71. The zero-order valence-electron chi connectivity index (χ0n) is 11.1. The summed E-state index contributed by atoms with van der Waals surface area (Å²) in [5, 5.41) is 6.48. The minimum absolute atomic E-state index is 0.187. The average molecular weight is 291 g/mol. The summed E-state index contributed by atoms with van der Waals surface area (Å²) in [5.41, 5.74) is 2.54. The van der Waals surface area contributed by atoms with E-state index in [2.05, 4.69) is 20.6 Å². The van der Waals surface area contributed by atoms with Gasteiger partial charge in [-0.3, -0.25) is 14.8 Å². The molecule has 2 N–H and O–H groups in total. The minimum atomic E-state index is -0.187. The van der Waals surface area contributed by atoms with Crippen molar-refractivity contribution in [2.24, 2.45) is 0 Å². The molecule has 104 valence electrons. The van der Waals surface area contributed by atoms with E-state index in [-0.39, 0.29) is 5.91 Å². The molecule has 0 saturated heterocycles. The lowest BCUT2D eigenvalue weighted by Crippen LogP contribution is -2.28. The molecule has 2 aromatic heterocycles. The molecular weight excluding hydrogens is 276 g/mol. The number of hydrogen-bond donors (Lipinski definition) is 2. The lowest BCUT2D eigenvalue weighted by molar-refractivity contribution is 0.0955. The van der Waals surface area contributed by atoms with Crippen LogP contribution in [0.5, 0.6) is 0 Å². The molecule has 2 rings (SSSR count). The number of nitrogens with one attached hydrogen (secondary N) is 2. The summed E-state index contributed by atoms with van der Waals surface area (Å²) < 4.78 is 0. The lowest BCUT2D eigenvalue weighted by atomic mass is 10.2. The molecule has 6 heteroatoms. The number of amides is 1. The van der Waals surface area contributed by atoms with Crippen LogP contribution in [0, 0.1) is 6.92 Å². The van der Waals surface area contributed by atoms with Gasteiger partial charge in [0.2, 0.25) is 0 Å². The highest BCUT2D eigenvalue weighted by Crippen LogP contribution is 2.10. The van der Waals surface area contributed by atoms with Gasteiger partial charge in [0.25, 0.3) is 5.91 Å². The van der Waals surface area contributed by atoms with E-state index in [0.717, 1.165) is 11.3 Å². The standard InChI is InChI=1S/C14H15ClN4O/c1-10-7-16-3-2-13(10)18-4-5-19-14(20)11-6-12(15)9-17-8-11/h2-3,6-9H,4-5H2,1H3,(H,16,18)(H,19,20). The summed E-state index contributed by atoms with van der Waals surface area (Å²) in [6.45, 7) is 3.11. The zero-order valence-corrected chi connectivity index (χ0v) is 11.8. The number of nitrogens with zero attached hydrogens (tertiary/aromatic N) is 2. The van der Waals surface area contributed by atoms with Gasteiger partial charge >= 0.3 is 0 Å². The van der Waals surface area contributed by atoms with Crippen LogP contribution in [-0.4, -0.2) is 29.0 Å². The van der Waals surface area contributed by atoms with Gasteiger partial charge in [-0.2, -0.15) is 0 Å². The fraction of sp³-hybridized carbons (Fsp3) is 0.214. The Labute approximate surface area is 122 Å². The van der Waals surface area contributed by atoms with E-state index in [1.54, 1.807) is 18.5 Å². The number of carbonyl (C=O) groups is 1. The number of hydrogen-bond acceptors (Lipinski definition) is 4. The van der Waals surface area contributed by atoms with Crippen molar-refractivity contribution in [2.45, 2.75) is 6.92 Å². The summed E-state index contributed by atoms with van der Waals surface area (Å²) in [6.07, 6.45) is 6.50. The number of pyridine rings is 2. The Bertz CT molecular complexity index is 603. The third kappa shape index (κ3) is 3.93. The van der Waals surface area contributed by atoms with E-state index in [9.17, 15) is 4.79 Å². The van der Waals surface area contributed by atoms with Crippen molar-refractivity contribution >= 4 is 23.2 Å². The first kappa shape index (κ1) is 14.3. The molecule has 0 aliphatic carbocycles. The van der Waals surface area contributed by atoms with E-state index in [1.807, 2.05) is 13.0 Å². The molecule has 0 spiro atoms. The van der Waals surface area contributed by atoms with Crippen LogP contribution in [0.4, 0.5) is 5.69 Å². The largest absolute Gasteiger partial charge is 0.383 e. The lowest BCUT2D eigenvalue weighted by Gasteiger charge is -2.09. The molecule has 1 amide bonds. The number of aromatic nitrogens is 2. The van der Waals surface area contributed by atoms with Crippen LogP contribution in [0.3, 0.4) is 0 Å². The summed E-state index contributed by atoms with van der Waals surface area (Å²) in [4.78, 5) is 19.7. The Morgan fingerprint density at radius 3 is 2.85 bits per heavy atom. The quantitative estimate of drug-likeness (QED) is 0.829. The molecule has 2 aromatic rings. The fourth-order valence-electron chi connectivity index (χ4n) is 1.68. The van der Waals surface area contributed by atoms with Crippen LogP contribution in [0.15, 0.2) is 36.9 Å². The Kier molecular flexibility index (Phi) is 4.90. The molecule has 0 aliphatic heterocycles. The maximum atomic E-state index is 11.8. The predicted octanol–water partition coefficient (Wildman–Crippen LogP) is 2.28. The van der Waals surface area contributed by atoms with Crippen molar-refractivity contribution in [3.05, 3.63) is 53.1 Å². The molecule has 20 heavy (non-hydrogen) atoms. The van der Waals surface area contributed by atoms with Gasteiger partial charge in [0.05, 0.1) is 10.6 Å². The van der Waals surface area contributed by atoms with Gasteiger partial charge in [0.1, 0.15) is 0 Å². The van der Waals surface area contributed by atoms with Crippen LogP contribution in [-0.2, 0) is 0 Å². The van der Waals surface area contributed by atoms with Gasteiger partial charge in [-0.25, -0.2) is 0 Å². The van der Waals surface area contributed by atoms with Crippen molar-refractivity contribution in [3.63, 3.8) is 0 Å². The van der Waals surface area contributed by atoms with Crippen molar-refractivity contribution in [1.29, 1.82) is 0 Å². The number of halogens is 1. The SMILES string of the molecule is Cc1cnccc1NCCNC(=O)c1cncc(Cl)c1. The third-order valence-corrected chi connectivity index (χ3v) is 2.92. The van der Waals surface area contributed by atoms with Crippen LogP contribution in [0.25, 0.3) is 0 Å². The van der Waals surface area contributed by atoms with E-state index < -0.39 is 0 Å². The highest BCUT2D eigenvalue weighted by molar-refractivity contribution is 6.30. The van der Waals surface area contributed by atoms with E-state index in [4.69, 9.17) is 11.6 Å². The molecule has 0 aliphatic rings. The van der Waals surface area contributed by atoms with Crippen molar-refractivity contribution in [2.75, 3.05) is 18.4 Å². The number of anilines is 1. The number of aryl methyl sites for hydroxylation is 1. The molecular formula is C14H15ClN4O. The van der Waals surface area contributed by atoms with Crippen LogP contribution in [0.2, 0.25) is 5.02 Å². The summed E-state index contributed by atoms with van der Waals surface area (Å²) in [7, 11) is 0.